The van der Waals surface area contributed by atoms with E-state index in [4.69, 9.17) is 9.84 Å². The lowest BCUT2D eigenvalue weighted by Gasteiger charge is -2.05. The molecule has 0 aliphatic heterocycles. The third kappa shape index (κ3) is 4.07. The van der Waals surface area contributed by atoms with Gasteiger partial charge in [0.05, 0.1) is 24.6 Å². The number of carbonyl (C=O) groups is 1. The maximum Gasteiger partial charge on any atom is 0.317 e. The van der Waals surface area contributed by atoms with Gasteiger partial charge >= 0.3 is 5.97 Å². The van der Waals surface area contributed by atoms with Crippen LogP contribution in [0.15, 0.2) is 18.2 Å². The first kappa shape index (κ1) is 12.9. The molecule has 0 radical (unpaired) electrons. The van der Waals surface area contributed by atoms with Crippen molar-refractivity contribution in [2.24, 2.45) is 0 Å². The van der Waals surface area contributed by atoms with Crippen molar-refractivity contribution in [2.75, 3.05) is 13.7 Å². The maximum absolute atomic E-state index is 10.6. The van der Waals surface area contributed by atoms with Gasteiger partial charge in [-0.05, 0) is 11.6 Å². The highest BCUT2D eigenvalue weighted by Crippen LogP contribution is 2.22. The van der Waals surface area contributed by atoms with Crippen LogP contribution in [0, 0.1) is 10.1 Å². The highest BCUT2D eigenvalue weighted by atomic mass is 16.6. The number of hydrogen-bond acceptors (Lipinski definition) is 5. The number of ether oxygens (including phenoxy) is 1. The van der Waals surface area contributed by atoms with Crippen LogP contribution in [0.3, 0.4) is 0 Å². The second-order valence-corrected chi connectivity index (χ2v) is 3.29. The number of nitrogens with one attached hydrogen (secondary N) is 1. The fourth-order valence-corrected chi connectivity index (χ4v) is 1.28. The average Bonchev–Trinajstić information content (AvgIpc) is 2.28. The molecule has 0 saturated carbocycles. The van der Waals surface area contributed by atoms with Gasteiger partial charge < -0.3 is 15.2 Å². The van der Waals surface area contributed by atoms with E-state index in [1.54, 1.807) is 6.07 Å². The topological polar surface area (TPSA) is 102 Å². The number of aliphatic carboxylic acids is 1. The van der Waals surface area contributed by atoms with Crippen LogP contribution in [0.5, 0.6) is 5.75 Å². The molecule has 0 amide bonds. The molecular formula is C10H12N2O5. The molecule has 0 heterocycles. The van der Waals surface area contributed by atoms with Gasteiger partial charge in [0.1, 0.15) is 5.75 Å². The third-order valence-electron chi connectivity index (χ3n) is 2.00. The van der Waals surface area contributed by atoms with Crippen molar-refractivity contribution < 1.29 is 19.6 Å². The van der Waals surface area contributed by atoms with E-state index in [9.17, 15) is 14.9 Å². The van der Waals surface area contributed by atoms with Crippen LogP contribution in [-0.2, 0) is 11.3 Å². The molecule has 2 N–H and O–H groups in total. The molecule has 0 bridgehead atoms. The summed E-state index contributed by atoms with van der Waals surface area (Å²) in [5.74, 6) is -0.617. The Labute approximate surface area is 97.2 Å². The predicted octanol–water partition coefficient (Wildman–Crippen LogP) is 0.778. The number of carboxylic acid groups (broad SMARTS) is 1. The zero-order chi connectivity index (χ0) is 12.8. The van der Waals surface area contributed by atoms with Crippen molar-refractivity contribution in [2.45, 2.75) is 6.54 Å². The Kier molecular flexibility index (Phi) is 4.41. The van der Waals surface area contributed by atoms with Crippen molar-refractivity contribution in [1.82, 2.24) is 5.32 Å². The molecule has 1 aromatic rings. The number of hydrogen-bond donors (Lipinski definition) is 2. The fourth-order valence-electron chi connectivity index (χ4n) is 1.28. The number of carboxylic acids is 1. The molecule has 7 nitrogen and oxygen atoms in total. The number of benzene rings is 1. The van der Waals surface area contributed by atoms with Gasteiger partial charge in [0.25, 0.3) is 5.69 Å². The van der Waals surface area contributed by atoms with E-state index < -0.39 is 10.9 Å². The van der Waals surface area contributed by atoms with Crippen molar-refractivity contribution in [3.8, 4) is 5.75 Å². The van der Waals surface area contributed by atoms with Gasteiger partial charge in [0.15, 0.2) is 0 Å². The monoisotopic (exact) mass is 240 g/mol. The molecule has 7 heteroatoms. The van der Waals surface area contributed by atoms with Crippen LogP contribution in [0.25, 0.3) is 0 Å². The normalized spacial score (nSPS) is 9.94. The summed E-state index contributed by atoms with van der Waals surface area (Å²) >= 11 is 0. The van der Waals surface area contributed by atoms with Crippen molar-refractivity contribution >= 4 is 11.7 Å². The first-order valence-electron chi connectivity index (χ1n) is 4.78. The van der Waals surface area contributed by atoms with E-state index in [2.05, 4.69) is 5.32 Å². The Morgan fingerprint density at radius 2 is 2.24 bits per heavy atom. The molecular weight excluding hydrogens is 228 g/mol. The average molecular weight is 240 g/mol. The van der Waals surface area contributed by atoms with Crippen LogP contribution in [0.2, 0.25) is 0 Å². The highest BCUT2D eigenvalue weighted by molar-refractivity contribution is 5.69. The Morgan fingerprint density at radius 3 is 2.76 bits per heavy atom. The molecule has 1 rings (SSSR count). The first-order chi connectivity index (χ1) is 8.02. The summed E-state index contributed by atoms with van der Waals surface area (Å²) in [5.41, 5.74) is 0.508. The van der Waals surface area contributed by atoms with Crippen LogP contribution in [0.1, 0.15) is 5.56 Å². The minimum Gasteiger partial charge on any atom is -0.496 e. The SMILES string of the molecule is COc1cc(CNCC(=O)O)cc([N+](=O)[O-])c1. The van der Waals surface area contributed by atoms with Crippen molar-refractivity contribution in [3.05, 3.63) is 33.9 Å². The van der Waals surface area contributed by atoms with Crippen LogP contribution in [-0.4, -0.2) is 29.7 Å². The summed E-state index contributed by atoms with van der Waals surface area (Å²) in [6.45, 7) is 0.0232. The predicted molar refractivity (Wildman–Crippen MR) is 59.0 cm³/mol. The summed E-state index contributed by atoms with van der Waals surface area (Å²) in [4.78, 5) is 20.4. The van der Waals surface area contributed by atoms with E-state index in [1.807, 2.05) is 0 Å². The Balaban J connectivity index is 2.80. The number of nitro benzene ring substituents is 1. The number of non-ortho nitro benzene ring substituents is 1. The number of rotatable bonds is 6. The summed E-state index contributed by atoms with van der Waals surface area (Å²) in [5, 5.41) is 21.7. The standard InChI is InChI=1S/C10H12N2O5/c1-17-9-3-7(5-11-6-10(13)14)2-8(4-9)12(15)16/h2-4,11H,5-6H2,1H3,(H,13,14). The van der Waals surface area contributed by atoms with E-state index in [0.717, 1.165) is 0 Å². The summed E-state index contributed by atoms with van der Waals surface area (Å²) < 4.78 is 4.92. The molecule has 0 atom stereocenters. The van der Waals surface area contributed by atoms with Crippen LogP contribution in [0.4, 0.5) is 5.69 Å². The minimum atomic E-state index is -0.984. The lowest BCUT2D eigenvalue weighted by molar-refractivity contribution is -0.385. The third-order valence-corrected chi connectivity index (χ3v) is 2.00. The fraction of sp³-hybridized carbons (Fsp3) is 0.300. The molecule has 0 aliphatic carbocycles. The molecule has 1 aromatic carbocycles. The molecule has 0 saturated heterocycles. The van der Waals surface area contributed by atoms with Crippen LogP contribution >= 0.6 is 0 Å². The molecule has 0 aliphatic rings. The minimum absolute atomic E-state index is 0.0866. The van der Waals surface area contributed by atoms with Gasteiger partial charge in [-0.1, -0.05) is 0 Å². The van der Waals surface area contributed by atoms with E-state index in [-0.39, 0.29) is 18.8 Å². The van der Waals surface area contributed by atoms with E-state index >= 15 is 0 Å². The second kappa shape index (κ2) is 5.80. The summed E-state index contributed by atoms with van der Waals surface area (Å²) in [6, 6.07) is 4.29. The Bertz CT molecular complexity index is 433. The summed E-state index contributed by atoms with van der Waals surface area (Å²) in [6.07, 6.45) is 0. The molecule has 0 aromatic heterocycles. The smallest absolute Gasteiger partial charge is 0.317 e. The van der Waals surface area contributed by atoms with Gasteiger partial charge in [0, 0.05) is 12.6 Å². The second-order valence-electron chi connectivity index (χ2n) is 3.29. The largest absolute Gasteiger partial charge is 0.496 e. The first-order valence-corrected chi connectivity index (χ1v) is 4.78. The maximum atomic E-state index is 10.6. The highest BCUT2D eigenvalue weighted by Gasteiger charge is 2.10. The van der Waals surface area contributed by atoms with Crippen molar-refractivity contribution in [3.63, 3.8) is 0 Å². The van der Waals surface area contributed by atoms with E-state index in [1.165, 1.54) is 19.2 Å². The Morgan fingerprint density at radius 1 is 1.53 bits per heavy atom. The molecule has 17 heavy (non-hydrogen) atoms. The Hall–Kier alpha value is -2.15. The van der Waals surface area contributed by atoms with Crippen LogP contribution < -0.4 is 10.1 Å². The molecule has 0 unspecified atom stereocenters. The zero-order valence-electron chi connectivity index (χ0n) is 9.17. The van der Waals surface area contributed by atoms with Gasteiger partial charge in [0.2, 0.25) is 0 Å². The lowest BCUT2D eigenvalue weighted by Crippen LogP contribution is -2.21. The quantitative estimate of drug-likeness (QED) is 0.562. The van der Waals surface area contributed by atoms with Gasteiger partial charge in [-0.2, -0.15) is 0 Å². The molecule has 92 valence electrons. The van der Waals surface area contributed by atoms with Gasteiger partial charge in [-0.15, -0.1) is 0 Å². The van der Waals surface area contributed by atoms with E-state index in [0.29, 0.717) is 11.3 Å². The zero-order valence-corrected chi connectivity index (χ0v) is 9.17. The molecule has 0 fully saturated rings. The molecule has 0 spiro atoms. The number of nitrogens with zero attached hydrogens (tertiary/aromatic N) is 1. The lowest BCUT2D eigenvalue weighted by atomic mass is 10.2. The number of methoxy groups -OCH3 is 1. The van der Waals surface area contributed by atoms with Gasteiger partial charge in [-0.3, -0.25) is 14.9 Å². The van der Waals surface area contributed by atoms with Gasteiger partial charge in [-0.25, -0.2) is 0 Å². The summed E-state index contributed by atoms with van der Waals surface area (Å²) in [7, 11) is 1.41. The number of nitro groups is 1. The van der Waals surface area contributed by atoms with Crippen molar-refractivity contribution in [1.29, 1.82) is 0 Å².